The van der Waals surface area contributed by atoms with Crippen molar-refractivity contribution in [3.05, 3.63) is 41.7 Å². The molecule has 84 valence electrons. The molecule has 0 aliphatic carbocycles. The van der Waals surface area contributed by atoms with E-state index in [0.717, 1.165) is 10.9 Å². The zero-order valence-electron chi connectivity index (χ0n) is 9.99. The van der Waals surface area contributed by atoms with Crippen LogP contribution in [0.4, 0.5) is 0 Å². The van der Waals surface area contributed by atoms with Gasteiger partial charge in [-0.05, 0) is 29.5 Å². The first-order valence-electron chi connectivity index (χ1n) is 5.50. The molecule has 1 heterocycles. The molecule has 16 heavy (non-hydrogen) atoms. The Bertz CT molecular complexity index is 517. The minimum absolute atomic E-state index is 0.151. The van der Waals surface area contributed by atoms with Crippen molar-refractivity contribution in [3.63, 3.8) is 0 Å². The largest absolute Gasteiger partial charge is 0.395 e. The number of aliphatic hydroxyl groups excluding tert-OH is 1. The summed E-state index contributed by atoms with van der Waals surface area (Å²) in [6.07, 6.45) is 3.75. The molecule has 0 fully saturated rings. The molecule has 0 amide bonds. The van der Waals surface area contributed by atoms with Gasteiger partial charge in [0.25, 0.3) is 0 Å². The molecule has 0 aliphatic rings. The van der Waals surface area contributed by atoms with Gasteiger partial charge in [0.05, 0.1) is 6.61 Å². The summed E-state index contributed by atoms with van der Waals surface area (Å²) in [6, 6.07) is 6.32. The average molecular weight is 215 g/mol. The predicted molar refractivity (Wildman–Crippen MR) is 66.6 cm³/mol. The van der Waals surface area contributed by atoms with Gasteiger partial charge >= 0.3 is 0 Å². The lowest BCUT2D eigenvalue weighted by Gasteiger charge is -2.22. The van der Waals surface area contributed by atoms with E-state index < -0.39 is 0 Å². The van der Waals surface area contributed by atoms with E-state index in [0.29, 0.717) is 0 Å². The fraction of sp³-hybridized carbons (Fsp3) is 0.357. The number of aryl methyl sites for hydroxylation is 1. The maximum absolute atomic E-state index is 9.36. The van der Waals surface area contributed by atoms with E-state index in [4.69, 9.17) is 0 Å². The van der Waals surface area contributed by atoms with E-state index in [1.165, 1.54) is 10.9 Å². The molecule has 1 aromatic carbocycles. The zero-order valence-corrected chi connectivity index (χ0v) is 9.99. The summed E-state index contributed by atoms with van der Waals surface area (Å²) >= 11 is 0. The van der Waals surface area contributed by atoms with Gasteiger partial charge in [-0.25, -0.2) is 0 Å². The molecule has 0 aliphatic heterocycles. The summed E-state index contributed by atoms with van der Waals surface area (Å²) in [6.45, 7) is 6.29. The van der Waals surface area contributed by atoms with Gasteiger partial charge in [-0.3, -0.25) is 4.98 Å². The van der Waals surface area contributed by atoms with Crippen molar-refractivity contribution in [1.82, 2.24) is 4.98 Å². The van der Waals surface area contributed by atoms with E-state index in [2.05, 4.69) is 30.1 Å². The van der Waals surface area contributed by atoms with Crippen LogP contribution in [0.3, 0.4) is 0 Å². The van der Waals surface area contributed by atoms with Crippen LogP contribution in [0.2, 0.25) is 0 Å². The lowest BCUT2D eigenvalue weighted by Crippen LogP contribution is -2.21. The summed E-state index contributed by atoms with van der Waals surface area (Å²) < 4.78 is 0. The highest BCUT2D eigenvalue weighted by Gasteiger charge is 2.19. The minimum Gasteiger partial charge on any atom is -0.395 e. The second-order valence-corrected chi connectivity index (χ2v) is 4.93. The Labute approximate surface area is 96.0 Å². The number of nitrogens with zero attached hydrogens (tertiary/aromatic N) is 1. The number of benzene rings is 1. The molecule has 1 N–H and O–H groups in total. The Balaban J connectivity index is 2.61. The average Bonchev–Trinajstić information content (AvgIpc) is 2.29. The monoisotopic (exact) mass is 215 g/mol. The molecule has 0 radical (unpaired) electrons. The number of hydrogen-bond acceptors (Lipinski definition) is 2. The third kappa shape index (κ3) is 1.81. The molecule has 2 nitrogen and oxygen atoms in total. The third-order valence-corrected chi connectivity index (χ3v) is 3.13. The molecule has 1 aromatic heterocycles. The minimum atomic E-state index is -0.196. The van der Waals surface area contributed by atoms with Gasteiger partial charge in [0.1, 0.15) is 0 Å². The normalized spacial score (nSPS) is 12.0. The summed E-state index contributed by atoms with van der Waals surface area (Å²) in [5.74, 6) is 0. The van der Waals surface area contributed by atoms with Gasteiger partial charge in [0, 0.05) is 23.2 Å². The van der Waals surface area contributed by atoms with E-state index in [-0.39, 0.29) is 12.0 Å². The molecule has 0 bridgehead atoms. The lowest BCUT2D eigenvalue weighted by molar-refractivity contribution is 0.218. The topological polar surface area (TPSA) is 33.1 Å². The van der Waals surface area contributed by atoms with Crippen LogP contribution >= 0.6 is 0 Å². The van der Waals surface area contributed by atoms with Crippen LogP contribution in [-0.4, -0.2) is 16.7 Å². The summed E-state index contributed by atoms with van der Waals surface area (Å²) in [7, 11) is 0. The number of fused-ring (bicyclic) bond motifs is 1. The number of hydrogen-bond donors (Lipinski definition) is 1. The van der Waals surface area contributed by atoms with Crippen LogP contribution in [0, 0.1) is 6.92 Å². The fourth-order valence-corrected chi connectivity index (χ4v) is 1.84. The Kier molecular flexibility index (Phi) is 2.68. The second kappa shape index (κ2) is 3.87. The van der Waals surface area contributed by atoms with Crippen molar-refractivity contribution in [2.45, 2.75) is 26.2 Å². The van der Waals surface area contributed by atoms with Gasteiger partial charge in [-0.1, -0.05) is 26.0 Å². The fourth-order valence-electron chi connectivity index (χ4n) is 1.84. The molecule has 2 rings (SSSR count). The molecule has 0 saturated heterocycles. The van der Waals surface area contributed by atoms with E-state index in [1.807, 2.05) is 26.2 Å². The first kappa shape index (κ1) is 11.1. The number of aliphatic hydroxyl groups is 1. The molecular weight excluding hydrogens is 198 g/mol. The molecule has 0 unspecified atom stereocenters. The molecule has 0 atom stereocenters. The molecule has 0 saturated carbocycles. The van der Waals surface area contributed by atoms with Crippen LogP contribution in [0.1, 0.15) is 25.0 Å². The maximum Gasteiger partial charge on any atom is 0.0522 e. The highest BCUT2D eigenvalue weighted by molar-refractivity contribution is 5.85. The Hall–Kier alpha value is -1.41. The van der Waals surface area contributed by atoms with Crippen LogP contribution < -0.4 is 0 Å². The Morgan fingerprint density at radius 3 is 2.69 bits per heavy atom. The smallest absolute Gasteiger partial charge is 0.0522 e. The van der Waals surface area contributed by atoms with Crippen molar-refractivity contribution in [1.29, 1.82) is 0 Å². The highest BCUT2D eigenvalue weighted by atomic mass is 16.3. The predicted octanol–water partition coefficient (Wildman–Crippen LogP) is 2.81. The maximum atomic E-state index is 9.36. The van der Waals surface area contributed by atoms with E-state index in [9.17, 15) is 5.11 Å². The van der Waals surface area contributed by atoms with Gasteiger partial charge in [-0.2, -0.15) is 0 Å². The zero-order chi connectivity index (χ0) is 11.8. The first-order chi connectivity index (χ1) is 7.54. The highest BCUT2D eigenvalue weighted by Crippen LogP contribution is 2.26. The summed E-state index contributed by atoms with van der Waals surface area (Å²) in [5.41, 5.74) is 2.14. The van der Waals surface area contributed by atoms with Gasteiger partial charge in [-0.15, -0.1) is 0 Å². The van der Waals surface area contributed by atoms with Crippen LogP contribution in [-0.2, 0) is 5.41 Å². The quantitative estimate of drug-likeness (QED) is 0.835. The van der Waals surface area contributed by atoms with Gasteiger partial charge in [0.15, 0.2) is 0 Å². The Morgan fingerprint density at radius 2 is 2.00 bits per heavy atom. The van der Waals surface area contributed by atoms with Crippen molar-refractivity contribution in [3.8, 4) is 0 Å². The Morgan fingerprint density at radius 1 is 1.25 bits per heavy atom. The SMILES string of the molecule is Cc1cncc2cc(C(C)(C)CO)ccc12. The summed E-state index contributed by atoms with van der Waals surface area (Å²) in [5, 5.41) is 11.7. The van der Waals surface area contributed by atoms with Crippen LogP contribution in [0.25, 0.3) is 10.8 Å². The van der Waals surface area contributed by atoms with Crippen molar-refractivity contribution < 1.29 is 5.11 Å². The van der Waals surface area contributed by atoms with Crippen LogP contribution in [0.5, 0.6) is 0 Å². The van der Waals surface area contributed by atoms with Gasteiger partial charge < -0.3 is 5.11 Å². The summed E-state index contributed by atoms with van der Waals surface area (Å²) in [4.78, 5) is 4.20. The first-order valence-corrected chi connectivity index (χ1v) is 5.50. The number of pyridine rings is 1. The molecular formula is C14H17NO. The molecule has 0 spiro atoms. The van der Waals surface area contributed by atoms with Crippen molar-refractivity contribution in [2.24, 2.45) is 0 Å². The number of aromatic nitrogens is 1. The van der Waals surface area contributed by atoms with Crippen molar-refractivity contribution in [2.75, 3.05) is 6.61 Å². The van der Waals surface area contributed by atoms with E-state index in [1.54, 1.807) is 0 Å². The van der Waals surface area contributed by atoms with E-state index >= 15 is 0 Å². The van der Waals surface area contributed by atoms with Crippen LogP contribution in [0.15, 0.2) is 30.6 Å². The second-order valence-electron chi connectivity index (χ2n) is 4.93. The van der Waals surface area contributed by atoms with Crippen molar-refractivity contribution >= 4 is 10.8 Å². The molecule has 2 aromatic rings. The standard InChI is InChI=1S/C14H17NO/c1-10-7-15-8-11-6-12(4-5-13(10)11)14(2,3)9-16/h4-8,16H,9H2,1-3H3. The lowest BCUT2D eigenvalue weighted by atomic mass is 9.84. The third-order valence-electron chi connectivity index (χ3n) is 3.13. The molecule has 2 heteroatoms. The number of rotatable bonds is 2. The van der Waals surface area contributed by atoms with Gasteiger partial charge in [0.2, 0.25) is 0 Å².